The standard InChI is InChI=1S/C17H10Cl2F3NOS/c1-8-2-4-10-13(6-8)25-15(14(10)19)16(24)23-12-7-9(17(20,21)22)3-5-11(12)18/h2-7H,1H3,(H,23,24). The van der Waals surface area contributed by atoms with Crippen molar-refractivity contribution in [2.75, 3.05) is 5.32 Å². The molecule has 130 valence electrons. The Kier molecular flexibility index (Phi) is 4.70. The highest BCUT2D eigenvalue weighted by Crippen LogP contribution is 2.38. The molecule has 25 heavy (non-hydrogen) atoms. The minimum absolute atomic E-state index is 0.00873. The van der Waals surface area contributed by atoms with Gasteiger partial charge in [-0.15, -0.1) is 11.3 Å². The molecule has 0 atom stereocenters. The fourth-order valence-corrected chi connectivity index (χ4v) is 3.97. The van der Waals surface area contributed by atoms with Crippen LogP contribution in [0, 0.1) is 6.92 Å². The number of amides is 1. The molecule has 0 spiro atoms. The summed E-state index contributed by atoms with van der Waals surface area (Å²) in [6, 6.07) is 8.30. The first-order valence-corrected chi connectivity index (χ1v) is 8.61. The molecule has 2 nitrogen and oxygen atoms in total. The fourth-order valence-electron chi connectivity index (χ4n) is 2.29. The Bertz CT molecular complexity index is 982. The topological polar surface area (TPSA) is 29.1 Å². The van der Waals surface area contributed by atoms with Crippen LogP contribution in [0.15, 0.2) is 36.4 Å². The summed E-state index contributed by atoms with van der Waals surface area (Å²) in [6.07, 6.45) is -4.53. The maximum Gasteiger partial charge on any atom is 0.416 e. The summed E-state index contributed by atoms with van der Waals surface area (Å²) in [5, 5.41) is 3.40. The monoisotopic (exact) mass is 403 g/mol. The third-order valence-electron chi connectivity index (χ3n) is 3.53. The summed E-state index contributed by atoms with van der Waals surface area (Å²) in [5.41, 5.74) is -0.00486. The van der Waals surface area contributed by atoms with Gasteiger partial charge >= 0.3 is 6.18 Å². The van der Waals surface area contributed by atoms with Crippen LogP contribution in [0.1, 0.15) is 20.8 Å². The summed E-state index contributed by atoms with van der Waals surface area (Å²) in [7, 11) is 0. The Morgan fingerprint density at radius 2 is 1.84 bits per heavy atom. The molecule has 3 aromatic rings. The number of hydrogen-bond acceptors (Lipinski definition) is 2. The van der Waals surface area contributed by atoms with E-state index < -0.39 is 17.6 Å². The van der Waals surface area contributed by atoms with Gasteiger partial charge in [0, 0.05) is 10.1 Å². The number of carbonyl (C=O) groups excluding carboxylic acids is 1. The van der Waals surface area contributed by atoms with Crippen LogP contribution in [0.5, 0.6) is 0 Å². The van der Waals surface area contributed by atoms with E-state index >= 15 is 0 Å². The van der Waals surface area contributed by atoms with Gasteiger partial charge in [0.2, 0.25) is 0 Å². The Labute approximate surface area is 155 Å². The van der Waals surface area contributed by atoms with Crippen LogP contribution in [0.4, 0.5) is 18.9 Å². The van der Waals surface area contributed by atoms with Gasteiger partial charge < -0.3 is 5.32 Å². The molecule has 0 saturated heterocycles. The summed E-state index contributed by atoms with van der Waals surface area (Å²) in [6.45, 7) is 1.91. The van der Waals surface area contributed by atoms with Crippen molar-refractivity contribution in [3.8, 4) is 0 Å². The Morgan fingerprint density at radius 1 is 1.12 bits per heavy atom. The lowest BCUT2D eigenvalue weighted by molar-refractivity contribution is -0.137. The summed E-state index contributed by atoms with van der Waals surface area (Å²) in [5.74, 6) is -0.606. The van der Waals surface area contributed by atoms with E-state index in [4.69, 9.17) is 23.2 Å². The van der Waals surface area contributed by atoms with Crippen molar-refractivity contribution in [3.63, 3.8) is 0 Å². The van der Waals surface area contributed by atoms with Crippen molar-refractivity contribution in [3.05, 3.63) is 62.4 Å². The van der Waals surface area contributed by atoms with E-state index in [0.29, 0.717) is 0 Å². The van der Waals surface area contributed by atoms with Gasteiger partial charge in [0.1, 0.15) is 4.88 Å². The predicted molar refractivity (Wildman–Crippen MR) is 96.0 cm³/mol. The van der Waals surface area contributed by atoms with Crippen molar-refractivity contribution in [2.45, 2.75) is 13.1 Å². The highest BCUT2D eigenvalue weighted by Gasteiger charge is 2.31. The first-order chi connectivity index (χ1) is 11.7. The van der Waals surface area contributed by atoms with Gasteiger partial charge in [-0.3, -0.25) is 4.79 Å². The van der Waals surface area contributed by atoms with Crippen molar-refractivity contribution in [2.24, 2.45) is 0 Å². The molecule has 0 bridgehead atoms. The summed E-state index contributed by atoms with van der Waals surface area (Å²) >= 11 is 13.3. The first-order valence-electron chi connectivity index (χ1n) is 7.03. The zero-order valence-corrected chi connectivity index (χ0v) is 15.0. The van der Waals surface area contributed by atoms with E-state index in [2.05, 4.69) is 5.32 Å². The van der Waals surface area contributed by atoms with Crippen LogP contribution in [0.25, 0.3) is 10.1 Å². The molecular weight excluding hydrogens is 394 g/mol. The zero-order chi connectivity index (χ0) is 18.4. The van der Waals surface area contributed by atoms with Crippen LogP contribution in [-0.2, 0) is 6.18 Å². The molecule has 1 amide bonds. The lowest BCUT2D eigenvalue weighted by atomic mass is 10.2. The number of alkyl halides is 3. The number of fused-ring (bicyclic) bond motifs is 1. The number of nitrogens with one attached hydrogen (secondary N) is 1. The quantitative estimate of drug-likeness (QED) is 0.501. The maximum atomic E-state index is 12.8. The van der Waals surface area contributed by atoms with Crippen LogP contribution in [0.3, 0.4) is 0 Å². The first kappa shape index (κ1) is 18.0. The number of hydrogen-bond donors (Lipinski definition) is 1. The number of rotatable bonds is 2. The SMILES string of the molecule is Cc1ccc2c(Cl)c(C(=O)Nc3cc(C(F)(F)F)ccc3Cl)sc2c1. The van der Waals surface area contributed by atoms with E-state index in [1.165, 1.54) is 11.3 Å². The van der Waals surface area contributed by atoms with Gasteiger partial charge in [0.05, 0.1) is 21.3 Å². The van der Waals surface area contributed by atoms with Crippen molar-refractivity contribution < 1.29 is 18.0 Å². The van der Waals surface area contributed by atoms with Crippen molar-refractivity contribution >= 4 is 56.2 Å². The smallest absolute Gasteiger partial charge is 0.320 e. The molecule has 1 heterocycles. The Morgan fingerprint density at radius 3 is 2.52 bits per heavy atom. The minimum atomic E-state index is -4.53. The normalized spacial score (nSPS) is 11.8. The molecule has 0 unspecified atom stereocenters. The molecule has 8 heteroatoms. The van der Waals surface area contributed by atoms with Gasteiger partial charge in [-0.2, -0.15) is 13.2 Å². The van der Waals surface area contributed by atoms with Crippen LogP contribution < -0.4 is 5.32 Å². The van der Waals surface area contributed by atoms with Gasteiger partial charge in [-0.1, -0.05) is 35.3 Å². The van der Waals surface area contributed by atoms with Crippen LogP contribution in [-0.4, -0.2) is 5.91 Å². The third kappa shape index (κ3) is 3.61. The van der Waals surface area contributed by atoms with Gasteiger partial charge in [-0.05, 0) is 36.8 Å². The fraction of sp³-hybridized carbons (Fsp3) is 0.118. The van der Waals surface area contributed by atoms with Gasteiger partial charge in [-0.25, -0.2) is 0 Å². The van der Waals surface area contributed by atoms with E-state index in [-0.39, 0.29) is 20.6 Å². The lowest BCUT2D eigenvalue weighted by Crippen LogP contribution is -2.12. The molecular formula is C17H10Cl2F3NOS. The number of aryl methyl sites for hydroxylation is 1. The van der Waals surface area contributed by atoms with E-state index in [0.717, 1.165) is 33.8 Å². The Hall–Kier alpha value is -1.76. The second kappa shape index (κ2) is 6.52. The number of halogens is 5. The Balaban J connectivity index is 1.97. The summed E-state index contributed by atoms with van der Waals surface area (Å²) < 4.78 is 39.3. The predicted octanol–water partition coefficient (Wildman–Crippen LogP) is 6.79. The minimum Gasteiger partial charge on any atom is -0.320 e. The maximum absolute atomic E-state index is 12.8. The second-order valence-corrected chi connectivity index (χ2v) is 7.23. The number of carbonyl (C=O) groups is 1. The van der Waals surface area contributed by atoms with E-state index in [1.54, 1.807) is 6.07 Å². The van der Waals surface area contributed by atoms with Gasteiger partial charge in [0.25, 0.3) is 5.91 Å². The molecule has 1 aromatic heterocycles. The van der Waals surface area contributed by atoms with Crippen molar-refractivity contribution in [1.29, 1.82) is 0 Å². The lowest BCUT2D eigenvalue weighted by Gasteiger charge is -2.11. The van der Waals surface area contributed by atoms with E-state index in [9.17, 15) is 18.0 Å². The summed E-state index contributed by atoms with van der Waals surface area (Å²) in [4.78, 5) is 12.7. The second-order valence-electron chi connectivity index (χ2n) is 5.39. The third-order valence-corrected chi connectivity index (χ3v) is 5.52. The molecule has 0 aliphatic rings. The molecule has 3 rings (SSSR count). The average molecular weight is 404 g/mol. The number of benzene rings is 2. The van der Waals surface area contributed by atoms with Gasteiger partial charge in [0.15, 0.2) is 0 Å². The average Bonchev–Trinajstić information content (AvgIpc) is 2.84. The van der Waals surface area contributed by atoms with Crippen LogP contribution >= 0.6 is 34.5 Å². The molecule has 1 N–H and O–H groups in total. The molecule has 2 aromatic carbocycles. The molecule has 0 aliphatic heterocycles. The molecule has 0 saturated carbocycles. The highest BCUT2D eigenvalue weighted by atomic mass is 35.5. The number of thiophene rings is 1. The van der Waals surface area contributed by atoms with Crippen molar-refractivity contribution in [1.82, 2.24) is 0 Å². The number of anilines is 1. The molecule has 0 aliphatic carbocycles. The highest BCUT2D eigenvalue weighted by molar-refractivity contribution is 7.21. The zero-order valence-electron chi connectivity index (χ0n) is 12.7. The van der Waals surface area contributed by atoms with E-state index in [1.807, 2.05) is 19.1 Å². The van der Waals surface area contributed by atoms with Crippen LogP contribution in [0.2, 0.25) is 10.0 Å². The molecule has 0 radical (unpaired) electrons. The molecule has 0 fully saturated rings. The largest absolute Gasteiger partial charge is 0.416 e.